The Balaban J connectivity index is 2.05. The van der Waals surface area contributed by atoms with Crippen molar-refractivity contribution in [3.05, 3.63) is 54.1 Å². The van der Waals surface area contributed by atoms with Crippen LogP contribution in [0.25, 0.3) is 0 Å². The summed E-state index contributed by atoms with van der Waals surface area (Å²) in [5.74, 6) is 0.605. The summed E-state index contributed by atoms with van der Waals surface area (Å²) >= 11 is 0. The van der Waals surface area contributed by atoms with E-state index in [2.05, 4.69) is 5.32 Å². The maximum atomic E-state index is 12.6. The van der Waals surface area contributed by atoms with E-state index >= 15 is 0 Å². The van der Waals surface area contributed by atoms with Gasteiger partial charge in [0.05, 0.1) is 11.5 Å². The topological polar surface area (TPSA) is 75.7 Å². The molecule has 7 heteroatoms. The lowest BCUT2D eigenvalue weighted by Gasteiger charge is -2.18. The van der Waals surface area contributed by atoms with Crippen molar-refractivity contribution in [1.29, 1.82) is 0 Å². The van der Waals surface area contributed by atoms with Crippen molar-refractivity contribution in [2.24, 2.45) is 0 Å². The zero-order chi connectivity index (χ0) is 20.6. The SMILES string of the molecule is CCOc1ccccc1CCC(=O)Nc1cccc(S(=O)(=O)N(CC)CC)c1. The number of amides is 1. The van der Waals surface area contributed by atoms with Crippen LogP contribution in [-0.4, -0.2) is 38.3 Å². The van der Waals surface area contributed by atoms with Gasteiger partial charge in [0, 0.05) is 25.2 Å². The molecule has 0 aliphatic carbocycles. The molecule has 0 bridgehead atoms. The quantitative estimate of drug-likeness (QED) is 0.655. The lowest BCUT2D eigenvalue weighted by Crippen LogP contribution is -2.30. The van der Waals surface area contributed by atoms with Crippen LogP contribution in [-0.2, 0) is 21.2 Å². The number of rotatable bonds is 10. The third-order valence-electron chi connectivity index (χ3n) is 4.35. The lowest BCUT2D eigenvalue weighted by atomic mass is 10.1. The van der Waals surface area contributed by atoms with Gasteiger partial charge in [0.1, 0.15) is 5.75 Å². The summed E-state index contributed by atoms with van der Waals surface area (Å²) in [5.41, 5.74) is 1.44. The van der Waals surface area contributed by atoms with Gasteiger partial charge >= 0.3 is 0 Å². The second-order valence-corrected chi connectivity index (χ2v) is 8.14. The molecule has 0 atom stereocenters. The van der Waals surface area contributed by atoms with Gasteiger partial charge in [-0.25, -0.2) is 8.42 Å². The van der Waals surface area contributed by atoms with Crippen molar-refractivity contribution < 1.29 is 17.9 Å². The molecule has 2 aromatic carbocycles. The van der Waals surface area contributed by atoms with Crippen molar-refractivity contribution >= 4 is 21.6 Å². The number of benzene rings is 2. The van der Waals surface area contributed by atoms with E-state index in [1.165, 1.54) is 10.4 Å². The maximum Gasteiger partial charge on any atom is 0.243 e. The Bertz CT molecular complexity index is 893. The summed E-state index contributed by atoms with van der Waals surface area (Å²) in [4.78, 5) is 12.5. The molecule has 0 unspecified atom stereocenters. The zero-order valence-electron chi connectivity index (χ0n) is 16.6. The Morgan fingerprint density at radius 1 is 1.04 bits per heavy atom. The first-order valence-corrected chi connectivity index (χ1v) is 11.0. The number of aryl methyl sites for hydroxylation is 1. The van der Waals surface area contributed by atoms with E-state index in [0.29, 0.717) is 31.8 Å². The summed E-state index contributed by atoms with van der Waals surface area (Å²) in [6, 6.07) is 14.0. The summed E-state index contributed by atoms with van der Waals surface area (Å²) in [6.07, 6.45) is 0.816. The molecule has 1 N–H and O–H groups in total. The fraction of sp³-hybridized carbons (Fsp3) is 0.381. The van der Waals surface area contributed by atoms with Gasteiger partial charge in [0.15, 0.2) is 0 Å². The smallest absolute Gasteiger partial charge is 0.243 e. The van der Waals surface area contributed by atoms with Crippen LogP contribution in [0.4, 0.5) is 5.69 Å². The van der Waals surface area contributed by atoms with Gasteiger partial charge in [0.2, 0.25) is 15.9 Å². The summed E-state index contributed by atoms with van der Waals surface area (Å²) in [6.45, 7) is 6.88. The lowest BCUT2D eigenvalue weighted by molar-refractivity contribution is -0.116. The maximum absolute atomic E-state index is 12.6. The van der Waals surface area contributed by atoms with Gasteiger partial charge in [-0.2, -0.15) is 4.31 Å². The Morgan fingerprint density at radius 2 is 1.75 bits per heavy atom. The number of anilines is 1. The molecule has 152 valence electrons. The number of carbonyl (C=O) groups excluding carboxylic acids is 1. The van der Waals surface area contributed by atoms with Gasteiger partial charge in [-0.15, -0.1) is 0 Å². The fourth-order valence-electron chi connectivity index (χ4n) is 2.93. The normalized spacial score (nSPS) is 11.4. The van der Waals surface area contributed by atoms with Crippen LogP contribution in [0.3, 0.4) is 0 Å². The van der Waals surface area contributed by atoms with E-state index in [9.17, 15) is 13.2 Å². The molecule has 0 aliphatic rings. The number of nitrogens with one attached hydrogen (secondary N) is 1. The third-order valence-corrected chi connectivity index (χ3v) is 6.40. The van der Waals surface area contributed by atoms with Gasteiger partial charge < -0.3 is 10.1 Å². The standard InChI is InChI=1S/C21H28N2O4S/c1-4-23(5-2)28(25,26)19-12-9-11-18(16-19)22-21(24)15-14-17-10-7-8-13-20(17)27-6-3/h7-13,16H,4-6,14-15H2,1-3H3,(H,22,24). The number of carbonyl (C=O) groups is 1. The molecule has 28 heavy (non-hydrogen) atoms. The number of ether oxygens (including phenoxy) is 1. The summed E-state index contributed by atoms with van der Waals surface area (Å²) in [7, 11) is -3.56. The molecule has 0 aliphatic heterocycles. The fourth-order valence-corrected chi connectivity index (χ4v) is 4.43. The number of hydrogen-bond donors (Lipinski definition) is 1. The highest BCUT2D eigenvalue weighted by molar-refractivity contribution is 7.89. The Morgan fingerprint density at radius 3 is 2.43 bits per heavy atom. The van der Waals surface area contributed by atoms with Crippen LogP contribution in [0.1, 0.15) is 32.8 Å². The molecule has 0 fully saturated rings. The predicted molar refractivity (Wildman–Crippen MR) is 111 cm³/mol. The van der Waals surface area contributed by atoms with E-state index in [-0.39, 0.29) is 17.2 Å². The first kappa shape index (κ1) is 21.9. The van der Waals surface area contributed by atoms with E-state index in [4.69, 9.17) is 4.74 Å². The Kier molecular flexibility index (Phi) is 8.02. The van der Waals surface area contributed by atoms with Crippen molar-refractivity contribution in [3.8, 4) is 5.75 Å². The molecule has 0 radical (unpaired) electrons. The summed E-state index contributed by atoms with van der Waals surface area (Å²) < 4.78 is 32.3. The molecule has 0 aromatic heterocycles. The van der Waals surface area contributed by atoms with Gasteiger partial charge in [0.25, 0.3) is 0 Å². The van der Waals surface area contributed by atoms with Crippen LogP contribution >= 0.6 is 0 Å². The molecule has 6 nitrogen and oxygen atoms in total. The minimum atomic E-state index is -3.56. The molecule has 0 saturated carbocycles. The van der Waals surface area contributed by atoms with E-state index in [1.54, 1.807) is 32.0 Å². The molecular formula is C21H28N2O4S. The van der Waals surface area contributed by atoms with Crippen molar-refractivity contribution in [3.63, 3.8) is 0 Å². The molecule has 0 heterocycles. The molecular weight excluding hydrogens is 376 g/mol. The monoisotopic (exact) mass is 404 g/mol. The van der Waals surface area contributed by atoms with Gasteiger partial charge in [-0.3, -0.25) is 4.79 Å². The van der Waals surface area contributed by atoms with Crippen molar-refractivity contribution in [2.45, 2.75) is 38.5 Å². The number of hydrogen-bond acceptors (Lipinski definition) is 4. The Hall–Kier alpha value is -2.38. The first-order chi connectivity index (χ1) is 13.4. The van der Waals surface area contributed by atoms with Crippen LogP contribution < -0.4 is 10.1 Å². The van der Waals surface area contributed by atoms with Crippen LogP contribution in [0.5, 0.6) is 5.75 Å². The molecule has 0 saturated heterocycles. The third kappa shape index (κ3) is 5.56. The van der Waals surface area contributed by atoms with Crippen molar-refractivity contribution in [1.82, 2.24) is 4.31 Å². The van der Waals surface area contributed by atoms with Gasteiger partial charge in [-0.05, 0) is 43.2 Å². The second kappa shape index (κ2) is 10.2. The van der Waals surface area contributed by atoms with Crippen LogP contribution in [0, 0.1) is 0 Å². The average molecular weight is 405 g/mol. The highest BCUT2D eigenvalue weighted by Crippen LogP contribution is 2.21. The molecule has 2 aromatic rings. The van der Waals surface area contributed by atoms with E-state index in [1.807, 2.05) is 31.2 Å². The van der Waals surface area contributed by atoms with Crippen molar-refractivity contribution in [2.75, 3.05) is 25.0 Å². The van der Waals surface area contributed by atoms with Crippen LogP contribution in [0.15, 0.2) is 53.4 Å². The Labute approximate surface area is 167 Å². The zero-order valence-corrected chi connectivity index (χ0v) is 17.5. The number of para-hydroxylation sites is 1. The number of sulfonamides is 1. The van der Waals surface area contributed by atoms with E-state index < -0.39 is 10.0 Å². The average Bonchev–Trinajstić information content (AvgIpc) is 2.68. The van der Waals surface area contributed by atoms with Crippen LogP contribution in [0.2, 0.25) is 0 Å². The first-order valence-electron chi connectivity index (χ1n) is 9.53. The minimum Gasteiger partial charge on any atom is -0.494 e. The highest BCUT2D eigenvalue weighted by atomic mass is 32.2. The molecule has 1 amide bonds. The predicted octanol–water partition coefficient (Wildman–Crippen LogP) is 3.69. The van der Waals surface area contributed by atoms with E-state index in [0.717, 1.165) is 11.3 Å². The minimum absolute atomic E-state index is 0.177. The largest absolute Gasteiger partial charge is 0.494 e. The van der Waals surface area contributed by atoms with Gasteiger partial charge in [-0.1, -0.05) is 38.1 Å². The summed E-state index contributed by atoms with van der Waals surface area (Å²) in [5, 5.41) is 2.79. The second-order valence-electron chi connectivity index (χ2n) is 6.21. The molecule has 0 spiro atoms. The number of nitrogens with zero attached hydrogens (tertiary/aromatic N) is 1. The highest BCUT2D eigenvalue weighted by Gasteiger charge is 2.21. The molecule has 2 rings (SSSR count).